The number of aromatic nitrogens is 2. The van der Waals surface area contributed by atoms with Crippen LogP contribution in [0.1, 0.15) is 31.9 Å². The predicted molar refractivity (Wildman–Crippen MR) is 74.1 cm³/mol. The molecule has 2 amide bonds. The molecule has 0 aliphatic rings. The molecule has 1 atom stereocenters. The Kier molecular flexibility index (Phi) is 6.55. The van der Waals surface area contributed by atoms with Gasteiger partial charge in [0.2, 0.25) is 0 Å². The minimum Gasteiger partial charge on any atom is -0.481 e. The molecule has 1 unspecified atom stereocenters. The number of carboxylic acids is 1. The minimum absolute atomic E-state index is 0.174. The molecule has 1 heterocycles. The number of aryl methyl sites for hydroxylation is 1. The lowest BCUT2D eigenvalue weighted by atomic mass is 10.0. The number of carbonyl (C=O) groups excluding carboxylic acids is 1. The Hall–Kier alpha value is -2.05. The lowest BCUT2D eigenvalue weighted by Crippen LogP contribution is -2.36. The molecule has 20 heavy (non-hydrogen) atoms. The van der Waals surface area contributed by atoms with Gasteiger partial charge in [0.25, 0.3) is 0 Å². The Balaban J connectivity index is 2.09. The molecule has 0 spiro atoms. The van der Waals surface area contributed by atoms with Crippen molar-refractivity contribution in [2.45, 2.75) is 32.7 Å². The topological polar surface area (TPSA) is 96.3 Å². The number of urea groups is 1. The van der Waals surface area contributed by atoms with Crippen molar-refractivity contribution in [2.75, 3.05) is 6.54 Å². The van der Waals surface area contributed by atoms with E-state index in [2.05, 4.69) is 15.7 Å². The molecule has 0 aromatic carbocycles. The fourth-order valence-electron chi connectivity index (χ4n) is 1.74. The Labute approximate surface area is 118 Å². The largest absolute Gasteiger partial charge is 0.481 e. The Morgan fingerprint density at radius 1 is 1.40 bits per heavy atom. The van der Waals surface area contributed by atoms with E-state index in [1.165, 1.54) is 0 Å². The van der Waals surface area contributed by atoms with Crippen LogP contribution in [0.15, 0.2) is 12.3 Å². The van der Waals surface area contributed by atoms with Crippen LogP contribution in [0.3, 0.4) is 0 Å². The van der Waals surface area contributed by atoms with E-state index in [1.807, 2.05) is 26.2 Å². The SMILES string of the molecule is CC(CCNC(=O)NCc1ccn(C)n1)CCC(=O)O. The number of carboxylic acid groups (broad SMARTS) is 1. The molecule has 1 aromatic heterocycles. The summed E-state index contributed by atoms with van der Waals surface area (Å²) in [6.07, 6.45) is 3.39. The van der Waals surface area contributed by atoms with E-state index in [9.17, 15) is 9.59 Å². The highest BCUT2D eigenvalue weighted by Crippen LogP contribution is 2.08. The standard InChI is InChI=1S/C13H22N4O3/c1-10(3-4-12(18)19)5-7-14-13(20)15-9-11-6-8-17(2)16-11/h6,8,10H,3-5,7,9H2,1-2H3,(H,18,19)(H2,14,15,20). The summed E-state index contributed by atoms with van der Waals surface area (Å²) < 4.78 is 1.68. The predicted octanol–water partition coefficient (Wildman–Crippen LogP) is 1.11. The van der Waals surface area contributed by atoms with Crippen molar-refractivity contribution in [3.05, 3.63) is 18.0 Å². The lowest BCUT2D eigenvalue weighted by Gasteiger charge is -2.11. The summed E-state index contributed by atoms with van der Waals surface area (Å²) in [5.41, 5.74) is 0.803. The summed E-state index contributed by atoms with van der Waals surface area (Å²) in [4.78, 5) is 21.9. The number of nitrogens with one attached hydrogen (secondary N) is 2. The minimum atomic E-state index is -0.780. The molecule has 0 fully saturated rings. The fourth-order valence-corrected chi connectivity index (χ4v) is 1.74. The third-order valence-corrected chi connectivity index (χ3v) is 2.97. The molecule has 7 nitrogen and oxygen atoms in total. The molecule has 1 aromatic rings. The number of carbonyl (C=O) groups is 2. The highest BCUT2D eigenvalue weighted by molar-refractivity contribution is 5.73. The molecule has 112 valence electrons. The molecule has 0 bridgehead atoms. The Bertz CT molecular complexity index is 445. The number of amides is 2. The van der Waals surface area contributed by atoms with Crippen LogP contribution in [0.5, 0.6) is 0 Å². The molecule has 0 saturated heterocycles. The highest BCUT2D eigenvalue weighted by atomic mass is 16.4. The van der Waals surface area contributed by atoms with Crippen molar-refractivity contribution in [2.24, 2.45) is 13.0 Å². The first kappa shape index (κ1) is 16.0. The van der Waals surface area contributed by atoms with E-state index >= 15 is 0 Å². The third-order valence-electron chi connectivity index (χ3n) is 2.97. The monoisotopic (exact) mass is 282 g/mol. The molecule has 0 radical (unpaired) electrons. The van der Waals surface area contributed by atoms with Crippen molar-refractivity contribution < 1.29 is 14.7 Å². The first-order valence-corrected chi connectivity index (χ1v) is 6.69. The smallest absolute Gasteiger partial charge is 0.315 e. The van der Waals surface area contributed by atoms with Crippen molar-refractivity contribution in [1.29, 1.82) is 0 Å². The van der Waals surface area contributed by atoms with Crippen LogP contribution in [-0.4, -0.2) is 33.4 Å². The zero-order valence-electron chi connectivity index (χ0n) is 11.9. The fraction of sp³-hybridized carbons (Fsp3) is 0.615. The van der Waals surface area contributed by atoms with Crippen molar-refractivity contribution in [1.82, 2.24) is 20.4 Å². The number of nitrogens with zero attached hydrogens (tertiary/aromatic N) is 2. The van der Waals surface area contributed by atoms with Gasteiger partial charge in [-0.05, 0) is 24.8 Å². The molecular formula is C13H22N4O3. The summed E-state index contributed by atoms with van der Waals surface area (Å²) in [6.45, 7) is 2.91. The maximum absolute atomic E-state index is 11.5. The zero-order valence-corrected chi connectivity index (χ0v) is 11.9. The Morgan fingerprint density at radius 3 is 2.75 bits per heavy atom. The number of aliphatic carboxylic acids is 1. The number of hydrogen-bond donors (Lipinski definition) is 3. The van der Waals surface area contributed by atoms with Crippen molar-refractivity contribution >= 4 is 12.0 Å². The van der Waals surface area contributed by atoms with Gasteiger partial charge in [0.15, 0.2) is 0 Å². The number of hydrogen-bond acceptors (Lipinski definition) is 3. The summed E-state index contributed by atoms with van der Waals surface area (Å²) >= 11 is 0. The maximum Gasteiger partial charge on any atom is 0.315 e. The molecular weight excluding hydrogens is 260 g/mol. The van der Waals surface area contributed by atoms with E-state index in [4.69, 9.17) is 5.11 Å². The van der Waals surface area contributed by atoms with Crippen LogP contribution in [0.4, 0.5) is 4.79 Å². The molecule has 1 rings (SSSR count). The first-order chi connectivity index (χ1) is 9.47. The average Bonchev–Trinajstić information content (AvgIpc) is 2.80. The summed E-state index contributed by atoms with van der Waals surface area (Å²) in [6, 6.07) is 1.61. The second kappa shape index (κ2) is 8.19. The highest BCUT2D eigenvalue weighted by Gasteiger charge is 2.07. The van der Waals surface area contributed by atoms with Gasteiger partial charge >= 0.3 is 12.0 Å². The van der Waals surface area contributed by atoms with E-state index < -0.39 is 5.97 Å². The van der Waals surface area contributed by atoms with Gasteiger partial charge in [-0.15, -0.1) is 0 Å². The average molecular weight is 282 g/mol. The van der Waals surface area contributed by atoms with Gasteiger partial charge in [0.05, 0.1) is 12.2 Å². The van der Waals surface area contributed by atoms with Crippen LogP contribution in [-0.2, 0) is 18.4 Å². The van der Waals surface area contributed by atoms with Gasteiger partial charge in [0.1, 0.15) is 0 Å². The quantitative estimate of drug-likeness (QED) is 0.665. The zero-order chi connectivity index (χ0) is 15.0. The van der Waals surface area contributed by atoms with Gasteiger partial charge in [0, 0.05) is 26.2 Å². The van der Waals surface area contributed by atoms with Gasteiger partial charge in [-0.25, -0.2) is 4.79 Å². The molecule has 0 aliphatic carbocycles. The molecule has 0 saturated carbocycles. The Morgan fingerprint density at radius 2 is 2.15 bits per heavy atom. The van der Waals surface area contributed by atoms with Crippen LogP contribution in [0.25, 0.3) is 0 Å². The van der Waals surface area contributed by atoms with Crippen LogP contribution < -0.4 is 10.6 Å². The van der Waals surface area contributed by atoms with Crippen LogP contribution in [0, 0.1) is 5.92 Å². The van der Waals surface area contributed by atoms with Crippen LogP contribution in [0.2, 0.25) is 0 Å². The number of rotatable bonds is 8. The summed E-state index contributed by atoms with van der Waals surface area (Å²) in [5, 5.41) is 18.2. The van der Waals surface area contributed by atoms with Crippen molar-refractivity contribution in [3.8, 4) is 0 Å². The van der Waals surface area contributed by atoms with E-state index in [0.29, 0.717) is 19.5 Å². The lowest BCUT2D eigenvalue weighted by molar-refractivity contribution is -0.137. The molecule has 0 aliphatic heterocycles. The van der Waals surface area contributed by atoms with E-state index in [1.54, 1.807) is 4.68 Å². The second-order valence-electron chi connectivity index (χ2n) is 4.92. The van der Waals surface area contributed by atoms with E-state index in [-0.39, 0.29) is 18.4 Å². The second-order valence-corrected chi connectivity index (χ2v) is 4.92. The third kappa shape index (κ3) is 6.77. The van der Waals surface area contributed by atoms with Gasteiger partial charge in [-0.1, -0.05) is 6.92 Å². The summed E-state index contributed by atoms with van der Waals surface area (Å²) in [7, 11) is 1.82. The van der Waals surface area contributed by atoms with Gasteiger partial charge in [-0.3, -0.25) is 9.48 Å². The first-order valence-electron chi connectivity index (χ1n) is 6.69. The van der Waals surface area contributed by atoms with Gasteiger partial charge in [-0.2, -0.15) is 5.10 Å². The maximum atomic E-state index is 11.5. The van der Waals surface area contributed by atoms with Crippen molar-refractivity contribution in [3.63, 3.8) is 0 Å². The van der Waals surface area contributed by atoms with E-state index in [0.717, 1.165) is 12.1 Å². The normalized spacial score (nSPS) is 11.9. The van der Waals surface area contributed by atoms with Gasteiger partial charge < -0.3 is 15.7 Å². The molecule has 7 heteroatoms. The summed E-state index contributed by atoms with van der Waals surface area (Å²) in [5.74, 6) is -0.500. The molecule has 3 N–H and O–H groups in total. The van der Waals surface area contributed by atoms with Crippen LogP contribution >= 0.6 is 0 Å².